The molecule has 0 aromatic carbocycles. The van der Waals surface area contributed by atoms with E-state index < -0.39 is 0 Å². The van der Waals surface area contributed by atoms with Crippen LogP contribution >= 0.6 is 11.6 Å². The Balaban J connectivity index is 1.72. The molecule has 142 valence electrons. The first-order valence-electron chi connectivity index (χ1n) is 9.33. The summed E-state index contributed by atoms with van der Waals surface area (Å²) in [7, 11) is 0. The van der Waals surface area contributed by atoms with Gasteiger partial charge in [0, 0.05) is 23.8 Å². The summed E-state index contributed by atoms with van der Waals surface area (Å²) in [4.78, 5) is 28.7. The van der Waals surface area contributed by atoms with Gasteiger partial charge in [-0.3, -0.25) is 4.79 Å². The highest BCUT2D eigenvalue weighted by atomic mass is 35.5. The van der Waals surface area contributed by atoms with E-state index in [1.807, 2.05) is 11.5 Å². The summed E-state index contributed by atoms with van der Waals surface area (Å²) in [5.41, 5.74) is 5.54. The summed E-state index contributed by atoms with van der Waals surface area (Å²) in [6, 6.07) is 0.209. The zero-order valence-electron chi connectivity index (χ0n) is 15.8. The summed E-state index contributed by atoms with van der Waals surface area (Å²) >= 11 is 6.14. The summed E-state index contributed by atoms with van der Waals surface area (Å²) in [5.74, 6) is 0.550. The summed E-state index contributed by atoms with van der Waals surface area (Å²) in [5, 5.41) is 3.44. The summed E-state index contributed by atoms with van der Waals surface area (Å²) in [6.45, 7) is 6.48. The zero-order chi connectivity index (χ0) is 19.1. The van der Waals surface area contributed by atoms with Crippen LogP contribution in [0.2, 0.25) is 5.28 Å². The number of pyridine rings is 1. The van der Waals surface area contributed by atoms with Crippen LogP contribution in [0.5, 0.6) is 0 Å². The minimum atomic E-state index is -0.0373. The van der Waals surface area contributed by atoms with Crippen LogP contribution < -0.4 is 10.9 Å². The molecule has 1 aliphatic carbocycles. The first-order valence-corrected chi connectivity index (χ1v) is 9.71. The molecule has 0 saturated carbocycles. The van der Waals surface area contributed by atoms with Gasteiger partial charge in [0.1, 0.15) is 0 Å². The Morgan fingerprint density at radius 3 is 2.74 bits per heavy atom. The fourth-order valence-corrected chi connectivity index (χ4v) is 4.03. The lowest BCUT2D eigenvalue weighted by Gasteiger charge is -2.21. The molecule has 3 aromatic heterocycles. The first kappa shape index (κ1) is 18.0. The molecular formula is C19H23ClN6O. The van der Waals surface area contributed by atoms with Crippen molar-refractivity contribution in [3.8, 4) is 0 Å². The Morgan fingerprint density at radius 1 is 1.26 bits per heavy atom. The molecule has 0 unspecified atom stereocenters. The van der Waals surface area contributed by atoms with E-state index in [1.54, 1.807) is 6.33 Å². The molecule has 0 saturated heterocycles. The van der Waals surface area contributed by atoms with Gasteiger partial charge in [0.25, 0.3) is 5.56 Å². The third kappa shape index (κ3) is 3.20. The smallest absolute Gasteiger partial charge is 0.253 e. The molecule has 0 bridgehead atoms. The number of rotatable bonds is 4. The normalized spacial score (nSPS) is 14.0. The van der Waals surface area contributed by atoms with Gasteiger partial charge in [0.15, 0.2) is 17.0 Å². The van der Waals surface area contributed by atoms with Crippen LogP contribution in [0.4, 0.5) is 5.82 Å². The molecule has 8 heteroatoms. The molecule has 2 N–H and O–H groups in total. The lowest BCUT2D eigenvalue weighted by Crippen LogP contribution is -2.24. The Morgan fingerprint density at radius 2 is 2.00 bits per heavy atom. The van der Waals surface area contributed by atoms with Gasteiger partial charge in [-0.15, -0.1) is 0 Å². The quantitative estimate of drug-likeness (QED) is 0.669. The highest BCUT2D eigenvalue weighted by Crippen LogP contribution is 2.26. The largest absolute Gasteiger partial charge is 0.364 e. The van der Waals surface area contributed by atoms with Crippen molar-refractivity contribution < 1.29 is 0 Å². The standard InChI is InChI=1S/C19H23ClN6O/c1-10(2)26-9-22-15-16(24-19(20)25-17(15)26)21-8-14-13-7-5-4-6-12(13)11(3)23-18(14)27/h9-10H,4-8H2,1-3H3,(H,23,27)(H,21,24,25). The van der Waals surface area contributed by atoms with Gasteiger partial charge in [0.2, 0.25) is 5.28 Å². The predicted octanol–water partition coefficient (Wildman–Crippen LogP) is 3.55. The van der Waals surface area contributed by atoms with Gasteiger partial charge in [0.05, 0.1) is 6.33 Å². The average Bonchev–Trinajstić information content (AvgIpc) is 3.05. The molecule has 0 spiro atoms. The average molecular weight is 387 g/mol. The Kier molecular flexibility index (Phi) is 4.63. The first-order chi connectivity index (χ1) is 13.0. The van der Waals surface area contributed by atoms with Gasteiger partial charge in [-0.25, -0.2) is 4.98 Å². The number of anilines is 1. The molecule has 1 aliphatic rings. The molecule has 7 nitrogen and oxygen atoms in total. The van der Waals surface area contributed by atoms with Crippen LogP contribution in [0.3, 0.4) is 0 Å². The third-order valence-electron chi connectivity index (χ3n) is 5.24. The van der Waals surface area contributed by atoms with Gasteiger partial charge in [-0.2, -0.15) is 9.97 Å². The second-order valence-corrected chi connectivity index (χ2v) is 7.67. The van der Waals surface area contributed by atoms with Crippen LogP contribution in [-0.4, -0.2) is 24.5 Å². The van der Waals surface area contributed by atoms with Crippen molar-refractivity contribution in [1.82, 2.24) is 24.5 Å². The second kappa shape index (κ2) is 6.96. The molecule has 3 heterocycles. The maximum atomic E-state index is 12.6. The molecule has 27 heavy (non-hydrogen) atoms. The zero-order valence-corrected chi connectivity index (χ0v) is 16.5. The van der Waals surface area contributed by atoms with E-state index in [2.05, 4.69) is 39.1 Å². The number of halogens is 1. The SMILES string of the molecule is Cc1[nH]c(=O)c(CNc2nc(Cl)nc3c2ncn3C(C)C)c2c1CCCC2. The topological polar surface area (TPSA) is 88.5 Å². The van der Waals surface area contributed by atoms with Crippen LogP contribution in [0.15, 0.2) is 11.1 Å². The lowest BCUT2D eigenvalue weighted by atomic mass is 9.88. The minimum Gasteiger partial charge on any atom is -0.364 e. The number of hydrogen-bond acceptors (Lipinski definition) is 5. The molecule has 0 atom stereocenters. The number of H-pyrrole nitrogens is 1. The van der Waals surface area contributed by atoms with Gasteiger partial charge in [-0.1, -0.05) is 0 Å². The van der Waals surface area contributed by atoms with E-state index in [-0.39, 0.29) is 16.9 Å². The van der Waals surface area contributed by atoms with Crippen molar-refractivity contribution in [1.29, 1.82) is 0 Å². The van der Waals surface area contributed by atoms with Crippen LogP contribution in [0.1, 0.15) is 55.1 Å². The number of imidazole rings is 1. The van der Waals surface area contributed by atoms with Crippen molar-refractivity contribution in [2.45, 2.75) is 59.0 Å². The van der Waals surface area contributed by atoms with E-state index >= 15 is 0 Å². The monoisotopic (exact) mass is 386 g/mol. The van der Waals surface area contributed by atoms with Crippen LogP contribution in [0.25, 0.3) is 11.2 Å². The number of aromatic amines is 1. The van der Waals surface area contributed by atoms with Crippen molar-refractivity contribution >= 4 is 28.6 Å². The van der Waals surface area contributed by atoms with E-state index in [1.165, 1.54) is 17.5 Å². The van der Waals surface area contributed by atoms with Crippen molar-refractivity contribution in [3.05, 3.63) is 44.3 Å². The van der Waals surface area contributed by atoms with Crippen molar-refractivity contribution in [2.75, 3.05) is 5.32 Å². The number of hydrogen-bond donors (Lipinski definition) is 2. The Bertz CT molecular complexity index is 1070. The highest BCUT2D eigenvalue weighted by Gasteiger charge is 2.20. The lowest BCUT2D eigenvalue weighted by molar-refractivity contribution is 0.612. The third-order valence-corrected chi connectivity index (χ3v) is 5.41. The van der Waals surface area contributed by atoms with Gasteiger partial charge < -0.3 is 14.9 Å². The predicted molar refractivity (Wildman–Crippen MR) is 106 cm³/mol. The van der Waals surface area contributed by atoms with Crippen molar-refractivity contribution in [3.63, 3.8) is 0 Å². The maximum absolute atomic E-state index is 12.6. The van der Waals surface area contributed by atoms with Crippen molar-refractivity contribution in [2.24, 2.45) is 0 Å². The maximum Gasteiger partial charge on any atom is 0.253 e. The Hall–Kier alpha value is -2.41. The minimum absolute atomic E-state index is 0.0373. The number of aryl methyl sites for hydroxylation is 1. The number of nitrogens with one attached hydrogen (secondary N) is 2. The van der Waals surface area contributed by atoms with Crippen LogP contribution in [-0.2, 0) is 19.4 Å². The fraction of sp³-hybridized carbons (Fsp3) is 0.474. The van der Waals surface area contributed by atoms with E-state index in [0.717, 1.165) is 30.5 Å². The summed E-state index contributed by atoms with van der Waals surface area (Å²) in [6.07, 6.45) is 5.99. The number of nitrogens with zero attached hydrogens (tertiary/aromatic N) is 4. The number of fused-ring (bicyclic) bond motifs is 2. The Labute approximate surface area is 162 Å². The summed E-state index contributed by atoms with van der Waals surface area (Å²) < 4.78 is 1.95. The fourth-order valence-electron chi connectivity index (χ4n) is 3.86. The highest BCUT2D eigenvalue weighted by molar-refractivity contribution is 6.28. The van der Waals surface area contributed by atoms with Gasteiger partial charge >= 0.3 is 0 Å². The molecule has 0 radical (unpaired) electrons. The molecule has 0 aliphatic heterocycles. The molecule has 0 amide bonds. The molecule has 0 fully saturated rings. The molecular weight excluding hydrogens is 364 g/mol. The van der Waals surface area contributed by atoms with Crippen LogP contribution in [0, 0.1) is 6.92 Å². The molecule has 4 rings (SSSR count). The van der Waals surface area contributed by atoms with Gasteiger partial charge in [-0.05, 0) is 69.2 Å². The van der Waals surface area contributed by atoms with E-state index in [4.69, 9.17) is 11.6 Å². The van der Waals surface area contributed by atoms with E-state index in [0.29, 0.717) is 23.5 Å². The number of aromatic nitrogens is 5. The molecule has 3 aromatic rings. The van der Waals surface area contributed by atoms with E-state index in [9.17, 15) is 4.79 Å². The second-order valence-electron chi connectivity index (χ2n) is 7.33.